The summed E-state index contributed by atoms with van der Waals surface area (Å²) in [6, 6.07) is 6.55. The van der Waals surface area contributed by atoms with Crippen LogP contribution in [0.5, 0.6) is 0 Å². The van der Waals surface area contributed by atoms with Crippen LogP contribution in [0.25, 0.3) is 0 Å². The minimum atomic E-state index is 0.258. The summed E-state index contributed by atoms with van der Waals surface area (Å²) in [5, 5.41) is 3.18. The molecule has 0 aromatic heterocycles. The SMILES string of the molecule is CC.CNCCN(C)CCC1OCCc2cc(Br)ccc21. The third kappa shape index (κ3) is 6.07. The number of likely N-dealkylation sites (N-methyl/N-ethyl adjacent to an activating group) is 2. The van der Waals surface area contributed by atoms with E-state index in [1.807, 2.05) is 20.9 Å². The molecule has 1 heterocycles. The van der Waals surface area contributed by atoms with E-state index < -0.39 is 0 Å². The van der Waals surface area contributed by atoms with Gasteiger partial charge in [0.1, 0.15) is 0 Å². The Bertz CT molecular complexity index is 412. The molecule has 1 unspecified atom stereocenters. The van der Waals surface area contributed by atoms with Gasteiger partial charge in [0.2, 0.25) is 0 Å². The normalized spacial score (nSPS) is 17.1. The first-order valence-corrected chi connectivity index (χ1v) is 8.73. The molecule has 1 atom stereocenters. The van der Waals surface area contributed by atoms with Crippen molar-refractivity contribution in [3.63, 3.8) is 0 Å². The highest BCUT2D eigenvalue weighted by Crippen LogP contribution is 2.31. The number of benzene rings is 1. The lowest BCUT2D eigenvalue weighted by molar-refractivity contribution is 0.0310. The van der Waals surface area contributed by atoms with Crippen LogP contribution in [-0.4, -0.2) is 45.2 Å². The van der Waals surface area contributed by atoms with Crippen molar-refractivity contribution in [1.29, 1.82) is 0 Å². The molecule has 1 aromatic rings. The number of hydrogen-bond acceptors (Lipinski definition) is 3. The maximum atomic E-state index is 5.94. The third-order valence-electron chi connectivity index (χ3n) is 3.66. The van der Waals surface area contributed by atoms with Crippen molar-refractivity contribution in [1.82, 2.24) is 10.2 Å². The van der Waals surface area contributed by atoms with Gasteiger partial charge in [-0.1, -0.05) is 35.8 Å². The fourth-order valence-electron chi connectivity index (χ4n) is 2.50. The molecule has 1 aliphatic rings. The van der Waals surface area contributed by atoms with Gasteiger partial charge in [-0.05, 0) is 50.2 Å². The van der Waals surface area contributed by atoms with E-state index in [2.05, 4.69) is 51.4 Å². The van der Waals surface area contributed by atoms with Gasteiger partial charge in [-0.2, -0.15) is 0 Å². The summed E-state index contributed by atoms with van der Waals surface area (Å²) in [7, 11) is 4.16. The second kappa shape index (κ2) is 10.3. The highest BCUT2D eigenvalue weighted by Gasteiger charge is 2.21. The molecule has 0 bridgehead atoms. The molecule has 0 fully saturated rings. The molecular weight excluding hydrogens is 328 g/mol. The lowest BCUT2D eigenvalue weighted by atomic mass is 9.96. The van der Waals surface area contributed by atoms with Crippen LogP contribution in [0.15, 0.2) is 22.7 Å². The molecule has 120 valence electrons. The highest BCUT2D eigenvalue weighted by molar-refractivity contribution is 9.10. The Kier molecular flexibility index (Phi) is 9.16. The van der Waals surface area contributed by atoms with E-state index in [0.29, 0.717) is 0 Å². The van der Waals surface area contributed by atoms with Crippen LogP contribution in [0, 0.1) is 0 Å². The van der Waals surface area contributed by atoms with Crippen LogP contribution in [0.1, 0.15) is 37.5 Å². The monoisotopic (exact) mass is 356 g/mol. The van der Waals surface area contributed by atoms with Crippen molar-refractivity contribution < 1.29 is 4.74 Å². The minimum absolute atomic E-state index is 0.258. The van der Waals surface area contributed by atoms with E-state index in [0.717, 1.165) is 43.6 Å². The Hall–Kier alpha value is -0.420. The zero-order chi connectivity index (χ0) is 15.7. The summed E-state index contributed by atoms with van der Waals surface area (Å²) in [6.07, 6.45) is 2.35. The van der Waals surface area contributed by atoms with Crippen LogP contribution in [0.3, 0.4) is 0 Å². The molecule has 4 heteroatoms. The van der Waals surface area contributed by atoms with Crippen molar-refractivity contribution in [3.05, 3.63) is 33.8 Å². The highest BCUT2D eigenvalue weighted by atomic mass is 79.9. The molecule has 21 heavy (non-hydrogen) atoms. The van der Waals surface area contributed by atoms with Crippen LogP contribution >= 0.6 is 15.9 Å². The zero-order valence-electron chi connectivity index (χ0n) is 13.8. The average molecular weight is 357 g/mol. The first-order valence-electron chi connectivity index (χ1n) is 7.94. The van der Waals surface area contributed by atoms with Gasteiger partial charge < -0.3 is 15.0 Å². The van der Waals surface area contributed by atoms with Crippen molar-refractivity contribution in [2.45, 2.75) is 32.8 Å². The fourth-order valence-corrected chi connectivity index (χ4v) is 2.91. The van der Waals surface area contributed by atoms with Gasteiger partial charge in [-0.3, -0.25) is 0 Å². The topological polar surface area (TPSA) is 24.5 Å². The fraction of sp³-hybridized carbons (Fsp3) is 0.647. The maximum absolute atomic E-state index is 5.94. The lowest BCUT2D eigenvalue weighted by Crippen LogP contribution is -2.30. The molecule has 2 rings (SSSR count). The molecule has 0 saturated carbocycles. The van der Waals surface area contributed by atoms with E-state index in [1.54, 1.807) is 0 Å². The van der Waals surface area contributed by atoms with Gasteiger partial charge in [-0.25, -0.2) is 0 Å². The van der Waals surface area contributed by atoms with E-state index in [9.17, 15) is 0 Å². The number of fused-ring (bicyclic) bond motifs is 1. The Balaban J connectivity index is 0.00000106. The molecule has 0 radical (unpaired) electrons. The molecule has 1 aromatic carbocycles. The third-order valence-corrected chi connectivity index (χ3v) is 4.15. The van der Waals surface area contributed by atoms with E-state index in [1.165, 1.54) is 11.1 Å². The number of ether oxygens (including phenoxy) is 1. The number of rotatable bonds is 6. The summed E-state index contributed by atoms with van der Waals surface area (Å²) in [4.78, 5) is 2.35. The zero-order valence-corrected chi connectivity index (χ0v) is 15.4. The van der Waals surface area contributed by atoms with Crippen molar-refractivity contribution in [2.75, 3.05) is 40.3 Å². The molecule has 0 spiro atoms. The second-order valence-corrected chi connectivity index (χ2v) is 6.06. The summed E-state index contributed by atoms with van der Waals surface area (Å²) in [6.45, 7) is 8.03. The predicted octanol–water partition coefficient (Wildman–Crippen LogP) is 3.63. The summed E-state index contributed by atoms with van der Waals surface area (Å²) < 4.78 is 7.11. The Morgan fingerprint density at radius 3 is 2.81 bits per heavy atom. The Morgan fingerprint density at radius 1 is 1.33 bits per heavy atom. The average Bonchev–Trinajstić information content (AvgIpc) is 2.52. The second-order valence-electron chi connectivity index (χ2n) is 5.15. The summed E-state index contributed by atoms with van der Waals surface area (Å²) >= 11 is 3.54. The van der Waals surface area contributed by atoms with Crippen molar-refractivity contribution in [3.8, 4) is 0 Å². The number of halogens is 1. The molecule has 0 aliphatic carbocycles. The molecule has 0 amide bonds. The lowest BCUT2D eigenvalue weighted by Gasteiger charge is -2.28. The molecule has 1 N–H and O–H groups in total. The first kappa shape index (κ1) is 18.6. The van der Waals surface area contributed by atoms with E-state index >= 15 is 0 Å². The quantitative estimate of drug-likeness (QED) is 0.842. The van der Waals surface area contributed by atoms with Crippen molar-refractivity contribution in [2.24, 2.45) is 0 Å². The summed E-state index contributed by atoms with van der Waals surface area (Å²) in [5.74, 6) is 0. The smallest absolute Gasteiger partial charge is 0.0839 e. The van der Waals surface area contributed by atoms with Gasteiger partial charge in [0.15, 0.2) is 0 Å². The predicted molar refractivity (Wildman–Crippen MR) is 93.9 cm³/mol. The molecule has 3 nitrogen and oxygen atoms in total. The molecular formula is C17H29BrN2O. The Labute approximate surface area is 138 Å². The van der Waals surface area contributed by atoms with Crippen LogP contribution in [0.2, 0.25) is 0 Å². The molecule has 0 saturated heterocycles. The van der Waals surface area contributed by atoms with Gasteiger partial charge in [0.05, 0.1) is 12.7 Å². The van der Waals surface area contributed by atoms with Crippen LogP contribution < -0.4 is 5.32 Å². The van der Waals surface area contributed by atoms with Crippen molar-refractivity contribution >= 4 is 15.9 Å². The van der Waals surface area contributed by atoms with Gasteiger partial charge in [0, 0.05) is 24.1 Å². The first-order chi connectivity index (χ1) is 10.2. The Morgan fingerprint density at radius 2 is 2.10 bits per heavy atom. The van der Waals surface area contributed by atoms with Gasteiger partial charge in [-0.15, -0.1) is 0 Å². The van der Waals surface area contributed by atoms with E-state index in [-0.39, 0.29) is 6.10 Å². The minimum Gasteiger partial charge on any atom is -0.373 e. The summed E-state index contributed by atoms with van der Waals surface area (Å²) in [5.41, 5.74) is 2.81. The number of nitrogens with zero attached hydrogens (tertiary/aromatic N) is 1. The standard InChI is InChI=1S/C15H23BrN2O.C2H6/c1-17-7-9-18(2)8-5-15-14-4-3-13(16)11-12(14)6-10-19-15;1-2/h3-4,11,15,17H,5-10H2,1-2H3;1-2H3. The number of hydrogen-bond donors (Lipinski definition) is 1. The van der Waals surface area contributed by atoms with Gasteiger partial charge in [0.25, 0.3) is 0 Å². The largest absolute Gasteiger partial charge is 0.373 e. The molecule has 1 aliphatic heterocycles. The maximum Gasteiger partial charge on any atom is 0.0839 e. The number of nitrogens with one attached hydrogen (secondary N) is 1. The van der Waals surface area contributed by atoms with Crippen LogP contribution in [-0.2, 0) is 11.2 Å². The van der Waals surface area contributed by atoms with Crippen LogP contribution in [0.4, 0.5) is 0 Å². The van der Waals surface area contributed by atoms with E-state index in [4.69, 9.17) is 4.74 Å². The van der Waals surface area contributed by atoms with Gasteiger partial charge >= 0.3 is 0 Å².